The first-order valence-corrected chi connectivity index (χ1v) is 10.3. The molecule has 0 bridgehead atoms. The van der Waals surface area contributed by atoms with Crippen LogP contribution in [0.4, 0.5) is 0 Å². The number of carbonyl (C=O) groups is 1. The number of aryl methyl sites for hydroxylation is 1. The molecule has 0 N–H and O–H groups in total. The van der Waals surface area contributed by atoms with Crippen molar-refractivity contribution in [3.8, 4) is 5.75 Å². The van der Waals surface area contributed by atoms with Crippen LogP contribution in [0.2, 0.25) is 0 Å². The van der Waals surface area contributed by atoms with Crippen molar-refractivity contribution >= 4 is 17.2 Å². The number of piperidine rings is 1. The lowest BCUT2D eigenvalue weighted by molar-refractivity contribution is 0.0677. The Morgan fingerprint density at radius 2 is 1.93 bits per heavy atom. The van der Waals surface area contributed by atoms with Gasteiger partial charge < -0.3 is 9.64 Å². The van der Waals surface area contributed by atoms with Crippen LogP contribution in [0.3, 0.4) is 0 Å². The molecule has 3 heterocycles. The number of pyridine rings is 1. The third-order valence-corrected chi connectivity index (χ3v) is 6.30. The van der Waals surface area contributed by atoms with Crippen LogP contribution >= 0.6 is 11.3 Å². The quantitative estimate of drug-likeness (QED) is 0.670. The molecule has 0 aliphatic carbocycles. The van der Waals surface area contributed by atoms with Gasteiger partial charge in [0.05, 0.1) is 17.8 Å². The van der Waals surface area contributed by atoms with Gasteiger partial charge in [-0.05, 0) is 31.4 Å². The van der Waals surface area contributed by atoms with E-state index in [4.69, 9.17) is 9.72 Å². The van der Waals surface area contributed by atoms with E-state index in [1.54, 1.807) is 36.8 Å². The Morgan fingerprint density at radius 3 is 2.57 bits per heavy atom. The Labute approximate surface area is 169 Å². The summed E-state index contributed by atoms with van der Waals surface area (Å²) >= 11 is 1.68. The third kappa shape index (κ3) is 3.40. The smallest absolute Gasteiger partial charge is 0.272 e. The summed E-state index contributed by atoms with van der Waals surface area (Å²) in [6, 6.07) is 14.0. The van der Waals surface area contributed by atoms with Gasteiger partial charge >= 0.3 is 0 Å². The number of hydrogen-bond donors (Lipinski definition) is 0. The Bertz CT molecular complexity index is 963. The molecule has 0 spiro atoms. The summed E-state index contributed by atoms with van der Waals surface area (Å²) in [5, 5.41) is 3.24. The van der Waals surface area contributed by atoms with Crippen molar-refractivity contribution in [1.82, 2.24) is 14.9 Å². The molecular weight excluding hydrogens is 370 g/mol. The molecule has 1 aliphatic rings. The Morgan fingerprint density at radius 1 is 1.18 bits per heavy atom. The van der Waals surface area contributed by atoms with E-state index in [-0.39, 0.29) is 11.3 Å². The second-order valence-corrected chi connectivity index (χ2v) is 8.14. The lowest BCUT2D eigenvalue weighted by Gasteiger charge is -2.41. The number of benzene rings is 1. The zero-order valence-corrected chi connectivity index (χ0v) is 16.9. The van der Waals surface area contributed by atoms with Gasteiger partial charge in [0.1, 0.15) is 11.4 Å². The number of likely N-dealkylation sites (tertiary alicyclic amines) is 1. The highest BCUT2D eigenvalue weighted by atomic mass is 32.1. The highest BCUT2D eigenvalue weighted by Crippen LogP contribution is 2.42. The maximum absolute atomic E-state index is 13.0. The van der Waals surface area contributed by atoms with Gasteiger partial charge in [0.2, 0.25) is 0 Å². The van der Waals surface area contributed by atoms with Crippen LogP contribution in [0.1, 0.15) is 39.6 Å². The van der Waals surface area contributed by atoms with Crippen molar-refractivity contribution in [3.63, 3.8) is 0 Å². The number of hydrogen-bond acceptors (Lipinski definition) is 5. The monoisotopic (exact) mass is 393 g/mol. The molecule has 1 aromatic carbocycles. The van der Waals surface area contributed by atoms with Crippen molar-refractivity contribution in [3.05, 3.63) is 76.0 Å². The first-order valence-electron chi connectivity index (χ1n) is 9.40. The molecule has 1 fully saturated rings. The topological polar surface area (TPSA) is 55.3 Å². The first kappa shape index (κ1) is 18.6. The summed E-state index contributed by atoms with van der Waals surface area (Å²) < 4.78 is 5.23. The SMILES string of the molecule is COc1ccnc(C(=O)N2CCC(c3ccccc3)(c3csc(C)n3)CC2)c1. The number of thiazole rings is 1. The molecule has 5 nitrogen and oxygen atoms in total. The van der Waals surface area contributed by atoms with Crippen molar-refractivity contribution in [2.24, 2.45) is 0 Å². The molecule has 1 aliphatic heterocycles. The molecule has 0 atom stereocenters. The molecule has 4 rings (SSSR count). The Balaban J connectivity index is 1.59. The minimum absolute atomic E-state index is 0.0463. The van der Waals surface area contributed by atoms with Crippen LogP contribution in [0.15, 0.2) is 54.0 Å². The normalized spacial score (nSPS) is 16.0. The van der Waals surface area contributed by atoms with Gasteiger partial charge in [-0.1, -0.05) is 30.3 Å². The van der Waals surface area contributed by atoms with Crippen LogP contribution in [-0.2, 0) is 5.41 Å². The zero-order valence-electron chi connectivity index (χ0n) is 16.1. The van der Waals surface area contributed by atoms with Gasteiger partial charge in [-0.25, -0.2) is 4.98 Å². The van der Waals surface area contributed by atoms with Gasteiger partial charge in [-0.15, -0.1) is 11.3 Å². The number of carbonyl (C=O) groups excluding carboxylic acids is 1. The minimum atomic E-state index is -0.148. The molecule has 0 unspecified atom stereocenters. The number of nitrogens with zero attached hydrogens (tertiary/aromatic N) is 3. The van der Waals surface area contributed by atoms with Gasteiger partial charge in [0, 0.05) is 36.1 Å². The molecule has 0 saturated carbocycles. The second-order valence-electron chi connectivity index (χ2n) is 7.07. The summed E-state index contributed by atoms with van der Waals surface area (Å²) in [6.07, 6.45) is 3.30. The highest BCUT2D eigenvalue weighted by Gasteiger charge is 2.40. The molecule has 1 saturated heterocycles. The molecule has 3 aromatic rings. The van der Waals surface area contributed by atoms with E-state index in [0.717, 1.165) is 23.5 Å². The van der Waals surface area contributed by atoms with E-state index < -0.39 is 0 Å². The predicted octanol–water partition coefficient (Wildman–Crippen LogP) is 4.08. The fourth-order valence-corrected chi connectivity index (χ4v) is 4.65. The van der Waals surface area contributed by atoms with Gasteiger partial charge in [-0.2, -0.15) is 0 Å². The fraction of sp³-hybridized carbons (Fsp3) is 0.318. The summed E-state index contributed by atoms with van der Waals surface area (Å²) in [5.74, 6) is 0.599. The van der Waals surface area contributed by atoms with Gasteiger partial charge in [-0.3, -0.25) is 9.78 Å². The van der Waals surface area contributed by atoms with E-state index in [2.05, 4.69) is 34.6 Å². The average molecular weight is 394 g/mol. The fourth-order valence-electron chi connectivity index (χ4n) is 3.94. The van der Waals surface area contributed by atoms with Crippen LogP contribution < -0.4 is 4.74 Å². The highest BCUT2D eigenvalue weighted by molar-refractivity contribution is 7.09. The van der Waals surface area contributed by atoms with Crippen LogP contribution in [-0.4, -0.2) is 41.0 Å². The van der Waals surface area contributed by atoms with E-state index in [0.29, 0.717) is 24.5 Å². The standard InChI is InChI=1S/C22H23N3O2S/c1-16-24-20(15-28-16)22(17-6-4-3-5-7-17)9-12-25(13-10-22)21(26)19-14-18(27-2)8-11-23-19/h3-8,11,14-15H,9-10,12-13H2,1-2H3. The van der Waals surface area contributed by atoms with Crippen LogP contribution in [0.25, 0.3) is 0 Å². The van der Waals surface area contributed by atoms with Crippen molar-refractivity contribution < 1.29 is 9.53 Å². The van der Waals surface area contributed by atoms with Crippen LogP contribution in [0, 0.1) is 6.92 Å². The maximum atomic E-state index is 13.0. The third-order valence-electron chi connectivity index (χ3n) is 5.53. The van der Waals surface area contributed by atoms with Crippen LogP contribution in [0.5, 0.6) is 5.75 Å². The summed E-state index contributed by atoms with van der Waals surface area (Å²) in [6.45, 7) is 3.38. The molecular formula is C22H23N3O2S. The van der Waals surface area contributed by atoms with Crippen molar-refractivity contribution in [2.75, 3.05) is 20.2 Å². The lowest BCUT2D eigenvalue weighted by atomic mass is 9.70. The molecule has 2 aromatic heterocycles. The number of methoxy groups -OCH3 is 1. The first-order chi connectivity index (χ1) is 13.6. The molecule has 0 radical (unpaired) electrons. The lowest BCUT2D eigenvalue weighted by Crippen LogP contribution is -2.46. The minimum Gasteiger partial charge on any atom is -0.497 e. The molecule has 6 heteroatoms. The number of ether oxygens (including phenoxy) is 1. The Kier molecular flexibility index (Phi) is 5.13. The largest absolute Gasteiger partial charge is 0.497 e. The number of amides is 1. The molecule has 28 heavy (non-hydrogen) atoms. The summed E-state index contributed by atoms with van der Waals surface area (Å²) in [7, 11) is 1.59. The van der Waals surface area contributed by atoms with E-state index in [9.17, 15) is 4.79 Å². The van der Waals surface area contributed by atoms with Crippen molar-refractivity contribution in [1.29, 1.82) is 0 Å². The van der Waals surface area contributed by atoms with Crippen molar-refractivity contribution in [2.45, 2.75) is 25.2 Å². The van der Waals surface area contributed by atoms with E-state index in [1.165, 1.54) is 5.56 Å². The maximum Gasteiger partial charge on any atom is 0.272 e. The predicted molar refractivity (Wildman–Crippen MR) is 110 cm³/mol. The van der Waals surface area contributed by atoms with E-state index in [1.807, 2.05) is 17.9 Å². The zero-order chi connectivity index (χ0) is 19.6. The average Bonchev–Trinajstić information content (AvgIpc) is 3.21. The summed E-state index contributed by atoms with van der Waals surface area (Å²) in [4.78, 5) is 23.9. The van der Waals surface area contributed by atoms with Gasteiger partial charge in [0.15, 0.2) is 0 Å². The van der Waals surface area contributed by atoms with E-state index >= 15 is 0 Å². The number of rotatable bonds is 4. The number of aromatic nitrogens is 2. The van der Waals surface area contributed by atoms with Gasteiger partial charge in [0.25, 0.3) is 5.91 Å². The second kappa shape index (κ2) is 7.72. The molecule has 1 amide bonds. The Hall–Kier alpha value is -2.73. The summed E-state index contributed by atoms with van der Waals surface area (Å²) in [5.41, 5.74) is 2.67. The molecule has 144 valence electrons.